The van der Waals surface area contributed by atoms with E-state index in [4.69, 9.17) is 4.74 Å². The molecule has 1 unspecified atom stereocenters. The largest absolute Gasteiger partial charge is 0.444 e. The summed E-state index contributed by atoms with van der Waals surface area (Å²) < 4.78 is 5.23. The average Bonchev–Trinajstić information content (AvgIpc) is 2.26. The molecule has 4 nitrogen and oxygen atoms in total. The Morgan fingerprint density at radius 2 is 2.20 bits per heavy atom. The zero-order valence-electron chi connectivity index (χ0n) is 9.56. The highest BCUT2D eigenvalue weighted by Gasteiger charge is 2.23. The molecule has 1 N–H and O–H groups in total. The Balaban J connectivity index is 2.53. The van der Waals surface area contributed by atoms with E-state index in [1.807, 2.05) is 26.8 Å². The maximum atomic E-state index is 11.7. The fourth-order valence-corrected chi connectivity index (χ4v) is 1.35. The van der Waals surface area contributed by atoms with Gasteiger partial charge in [0.1, 0.15) is 5.60 Å². The summed E-state index contributed by atoms with van der Waals surface area (Å²) in [5.41, 5.74) is -0.484. The van der Waals surface area contributed by atoms with Gasteiger partial charge in [0.15, 0.2) is 0 Å². The van der Waals surface area contributed by atoms with Crippen molar-refractivity contribution in [3.05, 3.63) is 12.2 Å². The fourth-order valence-electron chi connectivity index (χ4n) is 1.35. The number of hydrogen-bond donors (Lipinski definition) is 1. The number of β-amino-alcohol motifs (C(OH)–C–C–N with tert-alkyl or cyclic N) is 1. The third-order valence-electron chi connectivity index (χ3n) is 1.98. The van der Waals surface area contributed by atoms with Gasteiger partial charge in [0.05, 0.1) is 12.6 Å². The molecule has 1 amide bonds. The second-order valence-electron chi connectivity index (χ2n) is 4.71. The van der Waals surface area contributed by atoms with Gasteiger partial charge in [0.2, 0.25) is 0 Å². The van der Waals surface area contributed by atoms with Gasteiger partial charge in [-0.05, 0) is 27.2 Å². The lowest BCUT2D eigenvalue weighted by molar-refractivity contribution is 0.0194. The van der Waals surface area contributed by atoms with Crippen LogP contribution in [0.1, 0.15) is 27.2 Å². The van der Waals surface area contributed by atoms with Crippen molar-refractivity contribution >= 4 is 6.09 Å². The molecule has 0 bridgehead atoms. The Morgan fingerprint density at radius 1 is 1.53 bits per heavy atom. The van der Waals surface area contributed by atoms with Gasteiger partial charge in [-0.3, -0.25) is 0 Å². The minimum absolute atomic E-state index is 0.311. The molecule has 0 saturated heterocycles. The van der Waals surface area contributed by atoms with Gasteiger partial charge in [-0.15, -0.1) is 0 Å². The van der Waals surface area contributed by atoms with Crippen LogP contribution >= 0.6 is 0 Å². The van der Waals surface area contributed by atoms with Crippen LogP contribution in [0.25, 0.3) is 0 Å². The molecule has 0 radical (unpaired) electrons. The molecule has 1 atom stereocenters. The van der Waals surface area contributed by atoms with Gasteiger partial charge in [0.25, 0.3) is 0 Å². The monoisotopic (exact) mass is 213 g/mol. The molecule has 1 heterocycles. The van der Waals surface area contributed by atoms with Crippen LogP contribution < -0.4 is 0 Å². The maximum absolute atomic E-state index is 11.7. The van der Waals surface area contributed by atoms with E-state index in [0.29, 0.717) is 13.1 Å². The molecule has 15 heavy (non-hydrogen) atoms. The van der Waals surface area contributed by atoms with E-state index < -0.39 is 11.7 Å². The Kier molecular flexibility index (Phi) is 3.74. The molecule has 0 aromatic heterocycles. The number of ether oxygens (including phenoxy) is 1. The molecular weight excluding hydrogens is 194 g/mol. The standard InChI is InChI=1S/C11H19NO3/c1-11(2,3)15-10(14)12-7-5-4-6-9(13)8-12/h4,6,9,13H,5,7-8H2,1-3H3. The van der Waals surface area contributed by atoms with Gasteiger partial charge in [-0.1, -0.05) is 12.2 Å². The highest BCUT2D eigenvalue weighted by atomic mass is 16.6. The molecule has 4 heteroatoms. The van der Waals surface area contributed by atoms with Gasteiger partial charge in [-0.2, -0.15) is 0 Å². The predicted molar refractivity (Wildman–Crippen MR) is 57.6 cm³/mol. The number of carbonyl (C=O) groups excluding carboxylic acids is 1. The molecule has 0 aliphatic carbocycles. The fraction of sp³-hybridized carbons (Fsp3) is 0.727. The van der Waals surface area contributed by atoms with Crippen LogP contribution in [0.5, 0.6) is 0 Å². The molecule has 1 aliphatic rings. The number of rotatable bonds is 0. The molecule has 86 valence electrons. The van der Waals surface area contributed by atoms with Crippen molar-refractivity contribution in [1.82, 2.24) is 4.90 Å². The first kappa shape index (κ1) is 12.0. The first-order valence-electron chi connectivity index (χ1n) is 5.21. The summed E-state index contributed by atoms with van der Waals surface area (Å²) in [7, 11) is 0. The Bertz CT molecular complexity index is 255. The number of nitrogens with zero attached hydrogens (tertiary/aromatic N) is 1. The summed E-state index contributed by atoms with van der Waals surface area (Å²) in [6.45, 7) is 6.40. The highest BCUT2D eigenvalue weighted by Crippen LogP contribution is 2.12. The zero-order chi connectivity index (χ0) is 11.5. The lowest BCUT2D eigenvalue weighted by Crippen LogP contribution is -2.40. The summed E-state index contributed by atoms with van der Waals surface area (Å²) >= 11 is 0. The van der Waals surface area contributed by atoms with Crippen LogP contribution in [0.15, 0.2) is 12.2 Å². The van der Waals surface area contributed by atoms with E-state index in [1.54, 1.807) is 6.08 Å². The average molecular weight is 213 g/mol. The SMILES string of the molecule is CC(C)(C)OC(=O)N1CCC=CC(O)C1. The van der Waals surface area contributed by atoms with Crippen LogP contribution in [0.2, 0.25) is 0 Å². The summed E-state index contributed by atoms with van der Waals surface area (Å²) in [5.74, 6) is 0. The predicted octanol–water partition coefficient (Wildman–Crippen LogP) is 1.54. The van der Waals surface area contributed by atoms with Crippen molar-refractivity contribution in [3.8, 4) is 0 Å². The van der Waals surface area contributed by atoms with Crippen LogP contribution in [0.4, 0.5) is 4.79 Å². The second kappa shape index (κ2) is 4.66. The Morgan fingerprint density at radius 3 is 2.80 bits per heavy atom. The van der Waals surface area contributed by atoms with E-state index >= 15 is 0 Å². The number of aliphatic hydroxyl groups is 1. The molecular formula is C11H19NO3. The van der Waals surface area contributed by atoms with Crippen LogP contribution in [-0.2, 0) is 4.74 Å². The van der Waals surface area contributed by atoms with Gasteiger partial charge >= 0.3 is 6.09 Å². The van der Waals surface area contributed by atoms with Crippen molar-refractivity contribution in [2.45, 2.75) is 38.9 Å². The van der Waals surface area contributed by atoms with Crippen molar-refractivity contribution in [3.63, 3.8) is 0 Å². The van der Waals surface area contributed by atoms with E-state index in [0.717, 1.165) is 6.42 Å². The first-order valence-corrected chi connectivity index (χ1v) is 5.21. The highest BCUT2D eigenvalue weighted by molar-refractivity contribution is 5.68. The topological polar surface area (TPSA) is 49.8 Å². The molecule has 0 saturated carbocycles. The number of aliphatic hydroxyl groups excluding tert-OH is 1. The van der Waals surface area contributed by atoms with Crippen molar-refractivity contribution in [1.29, 1.82) is 0 Å². The molecule has 0 aromatic rings. The lowest BCUT2D eigenvalue weighted by Gasteiger charge is -2.27. The molecule has 1 rings (SSSR count). The van der Waals surface area contributed by atoms with Gasteiger partial charge in [0, 0.05) is 6.54 Å². The van der Waals surface area contributed by atoms with Crippen molar-refractivity contribution in [2.75, 3.05) is 13.1 Å². The maximum Gasteiger partial charge on any atom is 0.410 e. The Labute approximate surface area is 90.5 Å². The number of hydrogen-bond acceptors (Lipinski definition) is 3. The lowest BCUT2D eigenvalue weighted by atomic mass is 10.2. The summed E-state index contributed by atoms with van der Waals surface area (Å²) in [6, 6.07) is 0. The summed E-state index contributed by atoms with van der Waals surface area (Å²) in [5, 5.41) is 9.47. The Hall–Kier alpha value is -1.03. The third kappa shape index (κ3) is 4.34. The van der Waals surface area contributed by atoms with Gasteiger partial charge in [-0.25, -0.2) is 4.79 Å². The first-order chi connectivity index (χ1) is 6.88. The van der Waals surface area contributed by atoms with E-state index in [2.05, 4.69) is 0 Å². The van der Waals surface area contributed by atoms with Crippen LogP contribution in [-0.4, -0.2) is 40.9 Å². The second-order valence-corrected chi connectivity index (χ2v) is 4.71. The molecule has 0 spiro atoms. The van der Waals surface area contributed by atoms with E-state index in [9.17, 15) is 9.90 Å². The van der Waals surface area contributed by atoms with Crippen molar-refractivity contribution in [2.24, 2.45) is 0 Å². The van der Waals surface area contributed by atoms with Crippen LogP contribution in [0.3, 0.4) is 0 Å². The molecule has 1 aliphatic heterocycles. The number of carbonyl (C=O) groups is 1. The normalized spacial score (nSPS) is 22.4. The molecule has 0 fully saturated rings. The van der Waals surface area contributed by atoms with Gasteiger partial charge < -0.3 is 14.7 Å². The zero-order valence-corrected chi connectivity index (χ0v) is 9.56. The summed E-state index contributed by atoms with van der Waals surface area (Å²) in [6.07, 6.45) is 3.42. The number of amides is 1. The smallest absolute Gasteiger partial charge is 0.410 e. The minimum Gasteiger partial charge on any atom is -0.444 e. The van der Waals surface area contributed by atoms with Crippen LogP contribution in [0, 0.1) is 0 Å². The van der Waals surface area contributed by atoms with E-state index in [1.165, 1.54) is 4.90 Å². The third-order valence-corrected chi connectivity index (χ3v) is 1.98. The van der Waals surface area contributed by atoms with Crippen molar-refractivity contribution < 1.29 is 14.6 Å². The summed E-state index contributed by atoms with van der Waals surface area (Å²) in [4.78, 5) is 13.2. The minimum atomic E-state index is -0.583. The molecule has 0 aromatic carbocycles. The van der Waals surface area contributed by atoms with E-state index in [-0.39, 0.29) is 6.09 Å². The quantitative estimate of drug-likeness (QED) is 0.621.